The molecule has 0 spiro atoms. The van der Waals surface area contributed by atoms with Crippen molar-refractivity contribution in [3.8, 4) is 5.75 Å². The van der Waals surface area contributed by atoms with E-state index in [2.05, 4.69) is 5.32 Å². The highest BCUT2D eigenvalue weighted by atomic mass is 35.5. The van der Waals surface area contributed by atoms with E-state index >= 15 is 0 Å². The fourth-order valence-electron chi connectivity index (χ4n) is 2.26. The van der Waals surface area contributed by atoms with Gasteiger partial charge < -0.3 is 14.8 Å². The van der Waals surface area contributed by atoms with Crippen LogP contribution in [0.4, 0.5) is 4.39 Å². The third-order valence-electron chi connectivity index (χ3n) is 3.39. The van der Waals surface area contributed by atoms with Gasteiger partial charge in [-0.2, -0.15) is 0 Å². The minimum Gasteiger partial charge on any atom is -0.485 e. The number of hydrogen-bond donors (Lipinski definition) is 1. The van der Waals surface area contributed by atoms with Crippen LogP contribution >= 0.6 is 23.2 Å². The van der Waals surface area contributed by atoms with Gasteiger partial charge in [0.25, 0.3) is 0 Å². The first kappa shape index (κ1) is 15.8. The van der Waals surface area contributed by atoms with Crippen LogP contribution in [-0.4, -0.2) is 32.4 Å². The molecule has 0 radical (unpaired) electrons. The van der Waals surface area contributed by atoms with Crippen LogP contribution in [0.2, 0.25) is 10.0 Å². The summed E-state index contributed by atoms with van der Waals surface area (Å²) in [6.07, 6.45) is 0.789. The maximum atomic E-state index is 14.0. The van der Waals surface area contributed by atoms with E-state index in [1.807, 2.05) is 6.92 Å². The van der Waals surface area contributed by atoms with Crippen molar-refractivity contribution in [2.24, 2.45) is 5.92 Å². The van der Waals surface area contributed by atoms with Gasteiger partial charge in [0.1, 0.15) is 6.10 Å². The van der Waals surface area contributed by atoms with Crippen molar-refractivity contribution in [3.05, 3.63) is 28.0 Å². The van der Waals surface area contributed by atoms with Crippen LogP contribution in [-0.2, 0) is 4.74 Å². The lowest BCUT2D eigenvalue weighted by Crippen LogP contribution is -2.33. The van der Waals surface area contributed by atoms with Gasteiger partial charge in [-0.25, -0.2) is 4.39 Å². The van der Waals surface area contributed by atoms with Crippen LogP contribution in [0.15, 0.2) is 12.1 Å². The normalized spacial score (nSPS) is 20.1. The van der Waals surface area contributed by atoms with Crippen LogP contribution in [0.1, 0.15) is 13.3 Å². The quantitative estimate of drug-likeness (QED) is 0.813. The molecule has 1 heterocycles. The van der Waals surface area contributed by atoms with Gasteiger partial charge in [-0.3, -0.25) is 0 Å². The summed E-state index contributed by atoms with van der Waals surface area (Å²) in [5, 5.41) is 3.35. The van der Waals surface area contributed by atoms with Crippen molar-refractivity contribution >= 4 is 23.2 Å². The Bertz CT molecular complexity index is 453. The molecule has 0 aliphatic carbocycles. The van der Waals surface area contributed by atoms with Gasteiger partial charge in [0.2, 0.25) is 0 Å². The molecular weight excluding hydrogens is 304 g/mol. The molecule has 1 N–H and O–H groups in total. The predicted octanol–water partition coefficient (Wildman–Crippen LogP) is 3.53. The molecule has 2 atom stereocenters. The van der Waals surface area contributed by atoms with Crippen LogP contribution in [0.25, 0.3) is 0 Å². The van der Waals surface area contributed by atoms with E-state index in [9.17, 15) is 4.39 Å². The van der Waals surface area contributed by atoms with Gasteiger partial charge >= 0.3 is 0 Å². The number of benzene rings is 1. The molecule has 1 aliphatic heterocycles. The van der Waals surface area contributed by atoms with E-state index in [1.54, 1.807) is 0 Å². The zero-order valence-corrected chi connectivity index (χ0v) is 12.8. The molecule has 0 amide bonds. The second kappa shape index (κ2) is 7.46. The van der Waals surface area contributed by atoms with Crippen molar-refractivity contribution in [2.45, 2.75) is 19.4 Å². The minimum absolute atomic E-state index is 0.108. The van der Waals surface area contributed by atoms with Crippen molar-refractivity contribution in [1.82, 2.24) is 5.32 Å². The Morgan fingerprint density at radius 2 is 2.25 bits per heavy atom. The maximum Gasteiger partial charge on any atom is 0.185 e. The van der Waals surface area contributed by atoms with E-state index < -0.39 is 5.82 Å². The summed E-state index contributed by atoms with van der Waals surface area (Å²) in [6, 6.07) is 3.04. The Balaban J connectivity index is 2.12. The molecule has 1 aliphatic rings. The largest absolute Gasteiger partial charge is 0.485 e. The van der Waals surface area contributed by atoms with Gasteiger partial charge in [0, 0.05) is 19.1 Å². The molecule has 1 saturated heterocycles. The summed E-state index contributed by atoms with van der Waals surface area (Å²) < 4.78 is 25.3. The van der Waals surface area contributed by atoms with Crippen LogP contribution in [0.5, 0.6) is 5.75 Å². The molecule has 112 valence electrons. The Labute approximate surface area is 128 Å². The van der Waals surface area contributed by atoms with Crippen LogP contribution in [0, 0.1) is 11.7 Å². The molecular formula is C14H18Cl2FNO2. The molecule has 3 nitrogen and oxygen atoms in total. The van der Waals surface area contributed by atoms with Crippen LogP contribution < -0.4 is 10.1 Å². The average molecular weight is 322 g/mol. The summed E-state index contributed by atoms with van der Waals surface area (Å²) in [5.74, 6) is -0.196. The Morgan fingerprint density at radius 1 is 1.45 bits per heavy atom. The van der Waals surface area contributed by atoms with Crippen molar-refractivity contribution < 1.29 is 13.9 Å². The lowest BCUT2D eigenvalue weighted by atomic mass is 10.0. The van der Waals surface area contributed by atoms with Gasteiger partial charge in [-0.1, -0.05) is 23.2 Å². The Kier molecular flexibility index (Phi) is 5.90. The standard InChI is InChI=1S/C14H18Cl2FNO2/c1-2-19-8-12(9-5-6-18-7-9)20-11-4-3-10(15)13(16)14(11)17/h3-4,9,12,18H,2,5-8H2,1H3/t9?,12-/m0/s1. The van der Waals surface area contributed by atoms with Crippen LogP contribution in [0.3, 0.4) is 0 Å². The summed E-state index contributed by atoms with van der Waals surface area (Å²) >= 11 is 11.6. The van der Waals surface area contributed by atoms with Gasteiger partial charge in [-0.15, -0.1) is 0 Å². The third-order valence-corrected chi connectivity index (χ3v) is 4.17. The zero-order chi connectivity index (χ0) is 14.5. The number of halogens is 3. The number of rotatable bonds is 6. The first-order valence-electron chi connectivity index (χ1n) is 6.72. The lowest BCUT2D eigenvalue weighted by molar-refractivity contribution is 0.0271. The molecule has 1 aromatic rings. The fraction of sp³-hybridized carbons (Fsp3) is 0.571. The molecule has 1 unspecified atom stereocenters. The molecule has 0 bridgehead atoms. The summed E-state index contributed by atoms with van der Waals surface area (Å²) in [7, 11) is 0. The van der Waals surface area contributed by atoms with Crippen molar-refractivity contribution in [3.63, 3.8) is 0 Å². The van der Waals surface area contributed by atoms with E-state index in [1.165, 1.54) is 12.1 Å². The first-order valence-corrected chi connectivity index (χ1v) is 7.47. The fourth-order valence-corrected chi connectivity index (χ4v) is 2.56. The Hall–Kier alpha value is -0.550. The monoisotopic (exact) mass is 321 g/mol. The van der Waals surface area contributed by atoms with Gasteiger partial charge in [-0.05, 0) is 32.0 Å². The van der Waals surface area contributed by atoms with Gasteiger partial charge in [0.05, 0.1) is 16.7 Å². The zero-order valence-electron chi connectivity index (χ0n) is 11.3. The highest BCUT2D eigenvalue weighted by Crippen LogP contribution is 2.32. The SMILES string of the molecule is CCOC[C@H](Oc1ccc(Cl)c(Cl)c1F)C1CCNC1. The molecule has 6 heteroatoms. The van der Waals surface area contributed by atoms with Gasteiger partial charge in [0.15, 0.2) is 11.6 Å². The van der Waals surface area contributed by atoms with Crippen molar-refractivity contribution in [2.75, 3.05) is 26.3 Å². The molecule has 1 fully saturated rings. The molecule has 20 heavy (non-hydrogen) atoms. The minimum atomic E-state index is -0.619. The maximum absolute atomic E-state index is 14.0. The predicted molar refractivity (Wildman–Crippen MR) is 78.3 cm³/mol. The highest BCUT2D eigenvalue weighted by Gasteiger charge is 2.28. The second-order valence-corrected chi connectivity index (χ2v) is 5.53. The lowest BCUT2D eigenvalue weighted by Gasteiger charge is -2.24. The highest BCUT2D eigenvalue weighted by molar-refractivity contribution is 6.42. The average Bonchev–Trinajstić information content (AvgIpc) is 2.97. The third kappa shape index (κ3) is 3.76. The summed E-state index contributed by atoms with van der Waals surface area (Å²) in [6.45, 7) is 4.75. The number of nitrogens with one attached hydrogen (secondary N) is 1. The summed E-state index contributed by atoms with van der Waals surface area (Å²) in [4.78, 5) is 0. The van der Waals surface area contributed by atoms with E-state index in [0.717, 1.165) is 19.5 Å². The number of ether oxygens (including phenoxy) is 2. The Morgan fingerprint density at radius 3 is 2.90 bits per heavy atom. The number of hydrogen-bond acceptors (Lipinski definition) is 3. The first-order chi connectivity index (χ1) is 9.63. The molecule has 1 aromatic carbocycles. The molecule has 0 saturated carbocycles. The topological polar surface area (TPSA) is 30.5 Å². The summed E-state index contributed by atoms with van der Waals surface area (Å²) in [5.41, 5.74) is 0. The molecule has 0 aromatic heterocycles. The molecule has 2 rings (SSSR count). The second-order valence-electron chi connectivity index (χ2n) is 4.74. The smallest absolute Gasteiger partial charge is 0.185 e. The van der Waals surface area contributed by atoms with E-state index in [-0.39, 0.29) is 21.9 Å². The van der Waals surface area contributed by atoms with Crippen molar-refractivity contribution in [1.29, 1.82) is 0 Å². The van der Waals surface area contributed by atoms with E-state index in [4.69, 9.17) is 32.7 Å². The van der Waals surface area contributed by atoms with E-state index in [0.29, 0.717) is 19.1 Å².